The topological polar surface area (TPSA) is 88.1 Å². The minimum absolute atomic E-state index is 0.0190. The van der Waals surface area contributed by atoms with Crippen molar-refractivity contribution in [2.45, 2.75) is 101 Å². The van der Waals surface area contributed by atoms with Crippen LogP contribution in [0.4, 0.5) is 10.2 Å². The zero-order chi connectivity index (χ0) is 33.8. The standard InChI is InChI=1S/C26H25FN5O2.C13H27.Sn/c27-11-20-21(14-33-12-18-7-3-1-4-8-18)22(15-34-13-19-9-5-2-6-10-19)24(20)32-17-31-23-25(28)29-16-30-26(23)32;1-4-7-10-13(11-8-5-2)12-9-6-3;/h1-10,16-17,21-22,24H,12-15H2,(H2,28,29,30);4-12H2,1-3H3;/t21-,22+,24+;;/m0../s1. The summed E-state index contributed by atoms with van der Waals surface area (Å²) in [6, 6.07) is 20.1. The van der Waals surface area contributed by atoms with E-state index in [0.29, 0.717) is 43.4 Å². The molecule has 0 spiro atoms. The van der Waals surface area contributed by atoms with Gasteiger partial charge in [0.1, 0.15) is 0 Å². The van der Waals surface area contributed by atoms with Crippen LogP contribution in [0.3, 0.4) is 0 Å². The summed E-state index contributed by atoms with van der Waals surface area (Å²) in [5.41, 5.74) is 10.5. The molecule has 9 heteroatoms. The maximum atomic E-state index is 17.5. The average Bonchev–Trinajstić information content (AvgIpc) is 3.53. The van der Waals surface area contributed by atoms with Crippen LogP contribution >= 0.6 is 0 Å². The number of rotatable bonds is 20. The summed E-state index contributed by atoms with van der Waals surface area (Å²) in [4.78, 5) is 13.4. The van der Waals surface area contributed by atoms with Gasteiger partial charge in [0.05, 0.1) is 0 Å². The molecule has 2 heterocycles. The van der Waals surface area contributed by atoms with Crippen LogP contribution in [-0.2, 0) is 22.7 Å². The third kappa shape index (κ3) is 9.04. The molecule has 1 fully saturated rings. The molecule has 0 bridgehead atoms. The van der Waals surface area contributed by atoms with Crippen LogP contribution in [0.25, 0.3) is 11.2 Å². The first kappa shape index (κ1) is 36.5. The Kier molecular flexibility index (Phi) is 13.9. The molecule has 256 valence electrons. The van der Waals surface area contributed by atoms with Crippen molar-refractivity contribution in [2.24, 2.45) is 11.8 Å². The van der Waals surface area contributed by atoms with Gasteiger partial charge in [-0.3, -0.25) is 0 Å². The van der Waals surface area contributed by atoms with Crippen molar-refractivity contribution in [1.82, 2.24) is 19.5 Å². The number of benzene rings is 2. The molecule has 0 amide bonds. The second-order valence-corrected chi connectivity index (χ2v) is 18.3. The van der Waals surface area contributed by atoms with E-state index in [-0.39, 0.29) is 25.2 Å². The Morgan fingerprint density at radius 3 is 1.94 bits per heavy atom. The van der Waals surface area contributed by atoms with E-state index in [1.54, 1.807) is 6.33 Å². The van der Waals surface area contributed by atoms with Gasteiger partial charge >= 0.3 is 297 Å². The zero-order valence-corrected chi connectivity index (χ0v) is 31.8. The summed E-state index contributed by atoms with van der Waals surface area (Å²) in [6.45, 7) is 8.64. The number of hydrogen-bond donors (Lipinski definition) is 1. The summed E-state index contributed by atoms with van der Waals surface area (Å²) in [6.07, 6.45) is 13.5. The van der Waals surface area contributed by atoms with Gasteiger partial charge in [-0.25, -0.2) is 0 Å². The number of unbranched alkanes of at least 4 members (excludes halogenated alkanes) is 3. The number of nitrogens with zero attached hydrogens (tertiary/aromatic N) is 4. The molecule has 4 aromatic rings. The van der Waals surface area contributed by atoms with Crippen LogP contribution in [0.5, 0.6) is 0 Å². The molecule has 5 rings (SSSR count). The Morgan fingerprint density at radius 1 is 0.812 bits per heavy atom. The second-order valence-electron chi connectivity index (χ2n) is 13.3. The summed E-state index contributed by atoms with van der Waals surface area (Å²) in [7, 11) is 0. The average molecular weight is 761 g/mol. The van der Waals surface area contributed by atoms with Gasteiger partial charge in [0, 0.05) is 0 Å². The Bertz CT molecular complexity index is 1560. The van der Waals surface area contributed by atoms with Crippen molar-refractivity contribution in [3.8, 4) is 0 Å². The number of halogens is 1. The van der Waals surface area contributed by atoms with Crippen molar-refractivity contribution >= 4 is 38.1 Å². The van der Waals surface area contributed by atoms with Gasteiger partial charge < -0.3 is 0 Å². The number of imidazole rings is 1. The minimum atomic E-state index is -1.65. The maximum absolute atomic E-state index is 17.5. The fraction of sp³-hybridized carbons (Fsp3) is 0.513. The molecule has 0 unspecified atom stereocenters. The molecule has 2 aromatic heterocycles. The van der Waals surface area contributed by atoms with E-state index in [4.69, 9.17) is 15.2 Å². The van der Waals surface area contributed by atoms with E-state index >= 15 is 4.39 Å². The molecule has 7 nitrogen and oxygen atoms in total. The Morgan fingerprint density at radius 2 is 1.38 bits per heavy atom. The van der Waals surface area contributed by atoms with E-state index in [9.17, 15) is 0 Å². The van der Waals surface area contributed by atoms with E-state index in [1.165, 1.54) is 6.33 Å². The van der Waals surface area contributed by atoms with Crippen molar-refractivity contribution in [1.29, 1.82) is 0 Å². The molecule has 0 aliphatic heterocycles. The van der Waals surface area contributed by atoms with E-state index in [1.807, 2.05) is 41.0 Å². The van der Waals surface area contributed by atoms with Crippen molar-refractivity contribution in [2.75, 3.05) is 18.9 Å². The fourth-order valence-corrected chi connectivity index (χ4v) is 12.4. The second kappa shape index (κ2) is 18.3. The summed E-state index contributed by atoms with van der Waals surface area (Å²) < 4.78 is 32.6. The molecule has 48 heavy (non-hydrogen) atoms. The number of anilines is 1. The van der Waals surface area contributed by atoms with Gasteiger partial charge in [0.25, 0.3) is 0 Å². The summed E-state index contributed by atoms with van der Waals surface area (Å²) in [5.74, 6) is 0.209. The molecule has 2 aromatic carbocycles. The summed E-state index contributed by atoms with van der Waals surface area (Å²) >= 11 is -1.65. The summed E-state index contributed by atoms with van der Waals surface area (Å²) in [5, 5.41) is 0. The fourth-order valence-electron chi connectivity index (χ4n) is 7.10. The van der Waals surface area contributed by atoms with Crippen LogP contribution in [-0.4, -0.2) is 53.9 Å². The SMILES string of the molecule is CCCC[C](CCCC)(CCCC)[Sn]/[C](F)=C1\[C@@H](n2cnc3c(N)ncnc32)[C@H](COCc2ccccc2)[C@H]1COCc1ccccc1. The molecule has 1 saturated carbocycles. The van der Waals surface area contributed by atoms with Gasteiger partial charge in [0.2, 0.25) is 0 Å². The number of aromatic nitrogens is 4. The van der Waals surface area contributed by atoms with E-state index in [2.05, 4.69) is 60.0 Å². The van der Waals surface area contributed by atoms with Gasteiger partial charge in [-0.2, -0.15) is 0 Å². The number of fused-ring (bicyclic) bond motifs is 1. The zero-order valence-electron chi connectivity index (χ0n) is 28.9. The first-order chi connectivity index (χ1) is 23.5. The van der Waals surface area contributed by atoms with Crippen molar-refractivity contribution in [3.05, 3.63) is 93.9 Å². The molecule has 1 aliphatic rings. The number of nitrogens with two attached hydrogens (primary N) is 1. The Hall–Kier alpha value is -2.82. The van der Waals surface area contributed by atoms with Crippen LogP contribution in [0.1, 0.15) is 95.7 Å². The third-order valence-corrected chi connectivity index (χ3v) is 14.9. The normalized spacial score (nSPS) is 19.0. The number of nitrogen functional groups attached to an aromatic ring is 1. The molecule has 2 N–H and O–H groups in total. The Balaban J connectivity index is 1.53. The van der Waals surface area contributed by atoms with E-state index < -0.39 is 21.1 Å². The van der Waals surface area contributed by atoms with Crippen molar-refractivity contribution < 1.29 is 13.9 Å². The molecule has 3 atom stereocenters. The third-order valence-electron chi connectivity index (χ3n) is 9.81. The monoisotopic (exact) mass is 761 g/mol. The van der Waals surface area contributed by atoms with Gasteiger partial charge in [0.15, 0.2) is 0 Å². The van der Waals surface area contributed by atoms with Gasteiger partial charge in [-0.15, -0.1) is 0 Å². The first-order valence-corrected chi connectivity index (χ1v) is 20.7. The molecule has 1 aliphatic carbocycles. The predicted molar refractivity (Wildman–Crippen MR) is 193 cm³/mol. The molecular weight excluding hydrogens is 708 g/mol. The molecule has 2 radical (unpaired) electrons. The molecule has 0 saturated heterocycles. The molecular formula is C39H52FN5O2Sn. The Labute approximate surface area is 296 Å². The number of hydrogen-bond acceptors (Lipinski definition) is 6. The number of ether oxygens (including phenoxy) is 2. The van der Waals surface area contributed by atoms with Crippen LogP contribution < -0.4 is 5.73 Å². The van der Waals surface area contributed by atoms with Crippen LogP contribution in [0, 0.1) is 11.8 Å². The van der Waals surface area contributed by atoms with Crippen LogP contribution in [0.15, 0.2) is 82.7 Å². The quantitative estimate of drug-likeness (QED) is 0.0905. The van der Waals surface area contributed by atoms with Crippen molar-refractivity contribution in [3.63, 3.8) is 0 Å². The first-order valence-electron chi connectivity index (χ1n) is 17.8. The van der Waals surface area contributed by atoms with Gasteiger partial charge in [-0.05, 0) is 0 Å². The van der Waals surface area contributed by atoms with Gasteiger partial charge in [-0.1, -0.05) is 0 Å². The predicted octanol–water partition coefficient (Wildman–Crippen LogP) is 9.24. The van der Waals surface area contributed by atoms with E-state index in [0.717, 1.165) is 74.5 Å². The van der Waals surface area contributed by atoms with Crippen LogP contribution in [0.2, 0.25) is 3.43 Å².